The number of esters is 1. The van der Waals surface area contributed by atoms with E-state index in [0.29, 0.717) is 34.6 Å². The van der Waals surface area contributed by atoms with Crippen LogP contribution in [0.5, 0.6) is 5.75 Å². The molecule has 0 spiro atoms. The first kappa shape index (κ1) is 19.4. The molecule has 3 heterocycles. The molecule has 2 aromatic heterocycles. The predicted octanol–water partition coefficient (Wildman–Crippen LogP) is 3.97. The zero-order valence-corrected chi connectivity index (χ0v) is 17.5. The zero-order chi connectivity index (χ0) is 20.2. The van der Waals surface area contributed by atoms with Crippen LogP contribution in [-0.2, 0) is 9.53 Å². The van der Waals surface area contributed by atoms with Crippen LogP contribution < -0.4 is 4.74 Å². The molecule has 7 nitrogen and oxygen atoms in total. The maximum atomic E-state index is 12.6. The number of hydrogen-bond acceptors (Lipinski definition) is 8. The third-order valence-corrected chi connectivity index (χ3v) is 5.81. The van der Waals surface area contributed by atoms with Gasteiger partial charge in [0.15, 0.2) is 5.82 Å². The summed E-state index contributed by atoms with van der Waals surface area (Å²) in [7, 11) is 1.62. The Labute approximate surface area is 176 Å². The van der Waals surface area contributed by atoms with Crippen molar-refractivity contribution in [2.75, 3.05) is 19.5 Å². The highest BCUT2D eigenvalue weighted by atomic mass is 32.2. The fourth-order valence-corrected chi connectivity index (χ4v) is 4.22. The number of thiophene rings is 1. The molecule has 4 rings (SSSR count). The highest BCUT2D eigenvalue weighted by molar-refractivity contribution is 7.99. The van der Waals surface area contributed by atoms with E-state index in [0.717, 1.165) is 16.9 Å². The lowest BCUT2D eigenvalue weighted by Gasteiger charge is -2.15. The van der Waals surface area contributed by atoms with Crippen LogP contribution in [0.3, 0.4) is 0 Å². The summed E-state index contributed by atoms with van der Waals surface area (Å²) >= 11 is 3.05. The molecule has 148 valence electrons. The number of ether oxygens (including phenoxy) is 2. The average Bonchev–Trinajstić information content (AvgIpc) is 3.41. The third-order valence-electron chi connectivity index (χ3n) is 4.18. The normalized spacial score (nSPS) is 13.6. The quantitative estimate of drug-likeness (QED) is 0.438. The van der Waals surface area contributed by atoms with Crippen LogP contribution in [0.1, 0.15) is 12.5 Å². The van der Waals surface area contributed by atoms with Gasteiger partial charge < -0.3 is 9.47 Å². The van der Waals surface area contributed by atoms with Gasteiger partial charge in [-0.25, -0.2) is 4.79 Å². The topological polar surface area (TPSA) is 78.6 Å². The maximum absolute atomic E-state index is 12.6. The van der Waals surface area contributed by atoms with E-state index in [1.165, 1.54) is 11.8 Å². The van der Waals surface area contributed by atoms with Gasteiger partial charge in [0.25, 0.3) is 0 Å². The lowest BCUT2D eigenvalue weighted by atomic mass is 10.1. The fraction of sp³-hybridized carbons (Fsp3) is 0.200. The molecule has 0 saturated carbocycles. The van der Waals surface area contributed by atoms with Crippen molar-refractivity contribution in [2.24, 2.45) is 5.10 Å². The molecule has 0 radical (unpaired) electrons. The van der Waals surface area contributed by atoms with Crippen LogP contribution in [0.15, 0.2) is 56.9 Å². The van der Waals surface area contributed by atoms with Crippen molar-refractivity contribution in [3.63, 3.8) is 0 Å². The van der Waals surface area contributed by atoms with E-state index >= 15 is 0 Å². The molecule has 0 amide bonds. The number of aromatic nitrogens is 3. The average molecular weight is 427 g/mol. The molecule has 0 atom stereocenters. The summed E-state index contributed by atoms with van der Waals surface area (Å²) in [6, 6.07) is 9.47. The van der Waals surface area contributed by atoms with Gasteiger partial charge >= 0.3 is 5.97 Å². The lowest BCUT2D eigenvalue weighted by Crippen LogP contribution is -2.21. The van der Waals surface area contributed by atoms with Crippen molar-refractivity contribution < 1.29 is 14.3 Å². The number of nitrogens with zero attached hydrogens (tertiary/aromatic N) is 4. The van der Waals surface area contributed by atoms with Gasteiger partial charge in [-0.1, -0.05) is 11.8 Å². The van der Waals surface area contributed by atoms with E-state index in [1.54, 1.807) is 30.0 Å². The van der Waals surface area contributed by atoms with Crippen LogP contribution in [0.2, 0.25) is 0 Å². The minimum absolute atomic E-state index is 0.301. The zero-order valence-electron chi connectivity index (χ0n) is 15.9. The molecule has 1 aliphatic heterocycles. The van der Waals surface area contributed by atoms with Gasteiger partial charge in [-0.05, 0) is 59.7 Å². The Bertz CT molecular complexity index is 1070. The minimum atomic E-state index is -0.388. The van der Waals surface area contributed by atoms with Crippen LogP contribution >= 0.6 is 23.1 Å². The van der Waals surface area contributed by atoms with E-state index in [2.05, 4.69) is 10.2 Å². The van der Waals surface area contributed by atoms with Gasteiger partial charge in [0, 0.05) is 11.3 Å². The molecule has 29 heavy (non-hydrogen) atoms. The van der Waals surface area contributed by atoms with Gasteiger partial charge in [-0.3, -0.25) is 0 Å². The standard InChI is InChI=1S/C20H18N4O3S2/c1-3-27-19(25)16(10-13-8-9-28-11-13)17-12-29-20-22-21-18(24(20)23-17)14-4-6-15(26-2)7-5-14/h4-11H,3,12H2,1-2H3/b16-10+. The molecular weight excluding hydrogens is 408 g/mol. The summed E-state index contributed by atoms with van der Waals surface area (Å²) in [6.07, 6.45) is 1.82. The summed E-state index contributed by atoms with van der Waals surface area (Å²) in [4.78, 5) is 12.6. The van der Waals surface area contributed by atoms with Crippen molar-refractivity contribution in [3.05, 3.63) is 52.2 Å². The molecule has 0 fully saturated rings. The van der Waals surface area contributed by atoms with Gasteiger partial charge in [0.05, 0.1) is 25.0 Å². The lowest BCUT2D eigenvalue weighted by molar-refractivity contribution is -0.137. The Morgan fingerprint density at radius 2 is 2.07 bits per heavy atom. The first-order chi connectivity index (χ1) is 14.2. The van der Waals surface area contributed by atoms with E-state index in [9.17, 15) is 4.79 Å². The summed E-state index contributed by atoms with van der Waals surface area (Å²) in [6.45, 7) is 2.09. The maximum Gasteiger partial charge on any atom is 0.340 e. The number of methoxy groups -OCH3 is 1. The van der Waals surface area contributed by atoms with Gasteiger partial charge in [0.2, 0.25) is 5.16 Å². The second-order valence-electron chi connectivity index (χ2n) is 6.02. The van der Waals surface area contributed by atoms with Crippen molar-refractivity contribution in [1.29, 1.82) is 0 Å². The number of hydrogen-bond donors (Lipinski definition) is 0. The number of carbonyl (C=O) groups is 1. The second-order valence-corrected chi connectivity index (χ2v) is 7.74. The predicted molar refractivity (Wildman–Crippen MR) is 114 cm³/mol. The molecule has 0 unspecified atom stereocenters. The van der Waals surface area contributed by atoms with Crippen LogP contribution in [0.4, 0.5) is 0 Å². The molecule has 0 bridgehead atoms. The summed E-state index contributed by atoms with van der Waals surface area (Å²) in [5.41, 5.74) is 2.87. The van der Waals surface area contributed by atoms with Gasteiger partial charge in [-0.15, -0.1) is 10.2 Å². The number of carbonyl (C=O) groups excluding carboxylic acids is 1. The molecule has 1 aromatic carbocycles. The van der Waals surface area contributed by atoms with Crippen LogP contribution in [0.25, 0.3) is 17.5 Å². The van der Waals surface area contributed by atoms with Gasteiger partial charge in [0.1, 0.15) is 5.75 Å². The first-order valence-corrected chi connectivity index (χ1v) is 10.8. The monoisotopic (exact) mass is 426 g/mol. The number of fused-ring (bicyclic) bond motifs is 1. The Morgan fingerprint density at radius 3 is 2.76 bits per heavy atom. The largest absolute Gasteiger partial charge is 0.497 e. The molecule has 0 N–H and O–H groups in total. The number of thioether (sulfide) groups is 1. The van der Waals surface area contributed by atoms with E-state index in [1.807, 2.05) is 47.2 Å². The van der Waals surface area contributed by atoms with E-state index < -0.39 is 0 Å². The van der Waals surface area contributed by atoms with E-state index in [-0.39, 0.29) is 5.97 Å². The minimum Gasteiger partial charge on any atom is -0.497 e. The Morgan fingerprint density at radius 1 is 1.24 bits per heavy atom. The van der Waals surface area contributed by atoms with Crippen molar-refractivity contribution in [3.8, 4) is 17.1 Å². The smallest absolute Gasteiger partial charge is 0.340 e. The molecular formula is C20H18N4O3S2. The molecule has 0 aliphatic carbocycles. The van der Waals surface area contributed by atoms with Gasteiger partial charge in [-0.2, -0.15) is 21.1 Å². The Kier molecular flexibility index (Phi) is 5.77. The Hall–Kier alpha value is -2.91. The molecule has 3 aromatic rings. The summed E-state index contributed by atoms with van der Waals surface area (Å²) in [5.74, 6) is 1.48. The van der Waals surface area contributed by atoms with E-state index in [4.69, 9.17) is 14.6 Å². The highest BCUT2D eigenvalue weighted by Crippen LogP contribution is 2.30. The van der Waals surface area contributed by atoms with Crippen LogP contribution in [-0.4, -0.2) is 46.0 Å². The van der Waals surface area contributed by atoms with Crippen molar-refractivity contribution in [2.45, 2.75) is 12.1 Å². The number of benzene rings is 1. The second kappa shape index (κ2) is 8.62. The summed E-state index contributed by atoms with van der Waals surface area (Å²) < 4.78 is 12.2. The fourth-order valence-electron chi connectivity index (χ4n) is 2.77. The van der Waals surface area contributed by atoms with Crippen LogP contribution in [0, 0.1) is 0 Å². The summed E-state index contributed by atoms with van der Waals surface area (Å²) in [5, 5.41) is 17.8. The Balaban J connectivity index is 1.75. The molecule has 1 aliphatic rings. The SMILES string of the molecule is CCOC(=O)/C(=C/c1ccsc1)C1=Nn2c(nnc2-c2ccc(OC)cc2)SC1. The highest BCUT2D eigenvalue weighted by Gasteiger charge is 2.25. The number of rotatable bonds is 6. The van der Waals surface area contributed by atoms with Crippen molar-refractivity contribution in [1.82, 2.24) is 14.9 Å². The first-order valence-electron chi connectivity index (χ1n) is 8.91. The van der Waals surface area contributed by atoms with Crippen molar-refractivity contribution >= 4 is 40.9 Å². The molecule has 0 saturated heterocycles. The third kappa shape index (κ3) is 4.10. The molecule has 9 heteroatoms.